The molecule has 3 heterocycles. The highest BCUT2D eigenvalue weighted by Gasteiger charge is 2.19. The standard InChI is InChI=1S/C16H15FN4S/c17-12-6-4-11(5-7-12)13-14-15(22-20-13)16(19-10-18-14)21-8-2-1-3-9-21/h4-7,10H,1-3,8-9H2. The van der Waals surface area contributed by atoms with Crippen LogP contribution in [0.15, 0.2) is 30.6 Å². The molecular formula is C16H15FN4S. The van der Waals surface area contributed by atoms with Crippen molar-refractivity contribution in [3.63, 3.8) is 0 Å². The maximum absolute atomic E-state index is 13.1. The summed E-state index contributed by atoms with van der Waals surface area (Å²) in [6, 6.07) is 6.39. The summed E-state index contributed by atoms with van der Waals surface area (Å²) in [5, 5.41) is 0. The molecule has 0 unspecified atom stereocenters. The number of nitrogens with zero attached hydrogens (tertiary/aromatic N) is 4. The zero-order chi connectivity index (χ0) is 14.9. The first-order valence-corrected chi connectivity index (χ1v) is 8.21. The van der Waals surface area contributed by atoms with Gasteiger partial charge in [-0.2, -0.15) is 4.37 Å². The van der Waals surface area contributed by atoms with Crippen LogP contribution in [0.1, 0.15) is 19.3 Å². The number of benzene rings is 1. The fourth-order valence-corrected chi connectivity index (χ4v) is 3.75. The number of piperidine rings is 1. The van der Waals surface area contributed by atoms with Crippen LogP contribution in [0.3, 0.4) is 0 Å². The van der Waals surface area contributed by atoms with Crippen molar-refractivity contribution in [3.05, 3.63) is 36.4 Å². The largest absolute Gasteiger partial charge is 0.355 e. The van der Waals surface area contributed by atoms with Crippen LogP contribution in [-0.2, 0) is 0 Å². The van der Waals surface area contributed by atoms with Gasteiger partial charge in [-0.15, -0.1) is 0 Å². The van der Waals surface area contributed by atoms with E-state index in [0.29, 0.717) is 0 Å². The molecule has 0 aliphatic carbocycles. The third kappa shape index (κ3) is 2.33. The first kappa shape index (κ1) is 13.6. The van der Waals surface area contributed by atoms with E-state index < -0.39 is 0 Å². The first-order valence-electron chi connectivity index (χ1n) is 7.44. The molecule has 112 valence electrons. The Labute approximate surface area is 131 Å². The topological polar surface area (TPSA) is 41.9 Å². The minimum Gasteiger partial charge on any atom is -0.355 e. The van der Waals surface area contributed by atoms with Crippen LogP contribution in [0.4, 0.5) is 10.2 Å². The summed E-state index contributed by atoms with van der Waals surface area (Å²) in [5.74, 6) is 0.738. The molecule has 0 atom stereocenters. The van der Waals surface area contributed by atoms with E-state index in [0.717, 1.165) is 40.4 Å². The molecule has 1 fully saturated rings. The summed E-state index contributed by atoms with van der Waals surface area (Å²) in [6.07, 6.45) is 5.30. The summed E-state index contributed by atoms with van der Waals surface area (Å²) < 4.78 is 18.7. The molecule has 0 N–H and O–H groups in total. The fraction of sp³-hybridized carbons (Fsp3) is 0.312. The number of aromatic nitrogens is 3. The molecule has 22 heavy (non-hydrogen) atoms. The lowest BCUT2D eigenvalue weighted by Gasteiger charge is -2.27. The molecule has 2 aromatic heterocycles. The molecule has 4 rings (SSSR count). The smallest absolute Gasteiger partial charge is 0.151 e. The number of fused-ring (bicyclic) bond motifs is 1. The number of anilines is 1. The van der Waals surface area contributed by atoms with Crippen LogP contribution in [0.2, 0.25) is 0 Å². The van der Waals surface area contributed by atoms with Gasteiger partial charge in [0.05, 0.1) is 0 Å². The van der Waals surface area contributed by atoms with Crippen LogP contribution in [0, 0.1) is 5.82 Å². The minimum atomic E-state index is -0.244. The van der Waals surface area contributed by atoms with Gasteiger partial charge in [-0.1, -0.05) is 0 Å². The Morgan fingerprint density at radius 3 is 2.55 bits per heavy atom. The zero-order valence-corrected chi connectivity index (χ0v) is 12.8. The SMILES string of the molecule is Fc1ccc(-c2nsc3c(N4CCCCC4)ncnc23)cc1. The Balaban J connectivity index is 1.80. The molecule has 0 saturated carbocycles. The molecule has 0 radical (unpaired) electrons. The number of hydrogen-bond donors (Lipinski definition) is 0. The third-order valence-corrected chi connectivity index (χ3v) is 4.84. The van der Waals surface area contributed by atoms with Crippen molar-refractivity contribution in [3.8, 4) is 11.3 Å². The predicted molar refractivity (Wildman–Crippen MR) is 86.7 cm³/mol. The Hall–Kier alpha value is -2.08. The van der Waals surface area contributed by atoms with E-state index in [4.69, 9.17) is 0 Å². The molecule has 1 aliphatic heterocycles. The van der Waals surface area contributed by atoms with Crippen LogP contribution in [0.5, 0.6) is 0 Å². The zero-order valence-electron chi connectivity index (χ0n) is 12.0. The molecule has 4 nitrogen and oxygen atoms in total. The lowest BCUT2D eigenvalue weighted by atomic mass is 10.1. The predicted octanol–water partition coefficient (Wildman–Crippen LogP) is 3.88. The fourth-order valence-electron chi connectivity index (χ4n) is 2.88. The van der Waals surface area contributed by atoms with Gasteiger partial charge < -0.3 is 4.90 Å². The van der Waals surface area contributed by atoms with Gasteiger partial charge >= 0.3 is 0 Å². The molecule has 1 aliphatic rings. The van der Waals surface area contributed by atoms with Crippen LogP contribution >= 0.6 is 11.5 Å². The Morgan fingerprint density at radius 2 is 1.77 bits per heavy atom. The highest BCUT2D eigenvalue weighted by atomic mass is 32.1. The second-order valence-corrected chi connectivity index (χ2v) is 6.23. The van der Waals surface area contributed by atoms with Crippen LogP contribution in [-0.4, -0.2) is 27.4 Å². The summed E-state index contributed by atoms with van der Waals surface area (Å²) in [7, 11) is 0. The molecule has 1 saturated heterocycles. The van der Waals surface area contributed by atoms with Crippen molar-refractivity contribution in [2.75, 3.05) is 18.0 Å². The lowest BCUT2D eigenvalue weighted by molar-refractivity contribution is 0.575. The van der Waals surface area contributed by atoms with Gasteiger partial charge in [0.15, 0.2) is 5.82 Å². The van der Waals surface area contributed by atoms with Gasteiger partial charge in [0.2, 0.25) is 0 Å². The van der Waals surface area contributed by atoms with Gasteiger partial charge in [-0.05, 0) is 55.1 Å². The molecule has 0 amide bonds. The van der Waals surface area contributed by atoms with Gasteiger partial charge in [0, 0.05) is 18.7 Å². The van der Waals surface area contributed by atoms with Crippen molar-refractivity contribution in [2.45, 2.75) is 19.3 Å². The maximum atomic E-state index is 13.1. The highest BCUT2D eigenvalue weighted by molar-refractivity contribution is 7.14. The van der Waals surface area contributed by atoms with Crippen LogP contribution < -0.4 is 4.90 Å². The van der Waals surface area contributed by atoms with Crippen molar-refractivity contribution in [1.82, 2.24) is 14.3 Å². The molecule has 6 heteroatoms. The average Bonchev–Trinajstić information content (AvgIpc) is 3.00. The van der Waals surface area contributed by atoms with E-state index in [1.807, 2.05) is 0 Å². The number of hydrogen-bond acceptors (Lipinski definition) is 5. The van der Waals surface area contributed by atoms with E-state index in [1.165, 1.54) is 42.9 Å². The molecular weight excluding hydrogens is 299 g/mol. The lowest BCUT2D eigenvalue weighted by Crippen LogP contribution is -2.30. The summed E-state index contributed by atoms with van der Waals surface area (Å²) in [5.41, 5.74) is 2.55. The Morgan fingerprint density at radius 1 is 1.00 bits per heavy atom. The third-order valence-electron chi connectivity index (χ3n) is 4.01. The van der Waals surface area contributed by atoms with E-state index >= 15 is 0 Å². The molecule has 3 aromatic rings. The normalized spacial score (nSPS) is 15.4. The van der Waals surface area contributed by atoms with Gasteiger partial charge in [-0.3, -0.25) is 0 Å². The monoisotopic (exact) mass is 314 g/mol. The maximum Gasteiger partial charge on any atom is 0.151 e. The summed E-state index contributed by atoms with van der Waals surface area (Å²) in [4.78, 5) is 11.2. The average molecular weight is 314 g/mol. The molecule has 1 aromatic carbocycles. The van der Waals surface area contributed by atoms with E-state index in [2.05, 4.69) is 19.2 Å². The summed E-state index contributed by atoms with van der Waals surface area (Å²) in [6.45, 7) is 2.08. The first-order chi connectivity index (χ1) is 10.8. The quantitative estimate of drug-likeness (QED) is 0.720. The number of halogens is 1. The molecule has 0 spiro atoms. The van der Waals surface area contributed by atoms with E-state index in [1.54, 1.807) is 18.5 Å². The van der Waals surface area contributed by atoms with Gasteiger partial charge in [0.25, 0.3) is 0 Å². The summed E-state index contributed by atoms with van der Waals surface area (Å²) >= 11 is 1.42. The van der Waals surface area contributed by atoms with Gasteiger partial charge in [-0.25, -0.2) is 14.4 Å². The van der Waals surface area contributed by atoms with Crippen molar-refractivity contribution in [2.24, 2.45) is 0 Å². The number of rotatable bonds is 2. The van der Waals surface area contributed by atoms with Crippen LogP contribution in [0.25, 0.3) is 21.5 Å². The van der Waals surface area contributed by atoms with E-state index in [-0.39, 0.29) is 5.82 Å². The second-order valence-electron chi connectivity index (χ2n) is 5.46. The minimum absolute atomic E-state index is 0.244. The second kappa shape index (κ2) is 5.61. The van der Waals surface area contributed by atoms with Gasteiger partial charge in [0.1, 0.15) is 28.1 Å². The van der Waals surface area contributed by atoms with Crippen molar-refractivity contribution in [1.29, 1.82) is 0 Å². The highest BCUT2D eigenvalue weighted by Crippen LogP contribution is 2.34. The van der Waals surface area contributed by atoms with Crippen molar-refractivity contribution >= 4 is 27.6 Å². The van der Waals surface area contributed by atoms with E-state index in [9.17, 15) is 4.39 Å². The Kier molecular flexibility index (Phi) is 3.46. The molecule has 0 bridgehead atoms. The van der Waals surface area contributed by atoms with Crippen molar-refractivity contribution < 1.29 is 4.39 Å². The Bertz CT molecular complexity index is 794.